The number of carbonyl (C=O) groups is 1. The van der Waals surface area contributed by atoms with Gasteiger partial charge >= 0.3 is 0 Å². The standard InChI is InChI=1S/C17H12ClFN2OS/c1-10-5-7-14-15(9-10)23-17(20-14)21-16(22)8-6-11-12(18)3-2-4-13(11)19/h2-9H,1H3,(H,20,21,22). The van der Waals surface area contributed by atoms with Crippen molar-refractivity contribution in [2.45, 2.75) is 6.92 Å². The van der Waals surface area contributed by atoms with E-state index in [0.29, 0.717) is 5.13 Å². The van der Waals surface area contributed by atoms with E-state index in [9.17, 15) is 9.18 Å². The summed E-state index contributed by atoms with van der Waals surface area (Å²) in [5.74, 6) is -0.864. The van der Waals surface area contributed by atoms with Crippen molar-refractivity contribution in [3.05, 3.63) is 64.4 Å². The normalized spacial score (nSPS) is 11.3. The topological polar surface area (TPSA) is 42.0 Å². The minimum atomic E-state index is -0.475. The van der Waals surface area contributed by atoms with Gasteiger partial charge in [0, 0.05) is 11.6 Å². The maximum Gasteiger partial charge on any atom is 0.250 e. The van der Waals surface area contributed by atoms with Gasteiger partial charge in [0.25, 0.3) is 0 Å². The number of carbonyl (C=O) groups excluding carboxylic acids is 1. The van der Waals surface area contributed by atoms with Crippen LogP contribution in [0.4, 0.5) is 9.52 Å². The number of halogens is 2. The van der Waals surface area contributed by atoms with Crippen molar-refractivity contribution in [2.24, 2.45) is 0 Å². The summed E-state index contributed by atoms with van der Waals surface area (Å²) >= 11 is 7.30. The lowest BCUT2D eigenvalue weighted by Crippen LogP contribution is -2.07. The first-order valence-electron chi connectivity index (χ1n) is 6.83. The summed E-state index contributed by atoms with van der Waals surface area (Å²) in [4.78, 5) is 16.3. The number of fused-ring (bicyclic) bond motifs is 1. The molecule has 0 aliphatic carbocycles. The van der Waals surface area contributed by atoms with Crippen molar-refractivity contribution in [1.29, 1.82) is 0 Å². The zero-order valence-electron chi connectivity index (χ0n) is 12.1. The summed E-state index contributed by atoms with van der Waals surface area (Å²) in [6, 6.07) is 10.3. The molecule has 23 heavy (non-hydrogen) atoms. The lowest BCUT2D eigenvalue weighted by atomic mass is 10.2. The largest absolute Gasteiger partial charge is 0.298 e. The summed E-state index contributed by atoms with van der Waals surface area (Å²) < 4.78 is 14.6. The minimum Gasteiger partial charge on any atom is -0.298 e. The van der Waals surface area contributed by atoms with Gasteiger partial charge in [-0.25, -0.2) is 9.37 Å². The monoisotopic (exact) mass is 346 g/mol. The predicted molar refractivity (Wildman–Crippen MR) is 93.4 cm³/mol. The Balaban J connectivity index is 1.77. The van der Waals surface area contributed by atoms with Crippen LogP contribution in [0.1, 0.15) is 11.1 Å². The van der Waals surface area contributed by atoms with Crippen LogP contribution in [-0.2, 0) is 4.79 Å². The number of aryl methyl sites for hydroxylation is 1. The molecule has 3 aromatic rings. The fourth-order valence-electron chi connectivity index (χ4n) is 2.06. The number of nitrogens with one attached hydrogen (secondary N) is 1. The molecule has 0 unspecified atom stereocenters. The van der Waals surface area contributed by atoms with Gasteiger partial charge in [0.1, 0.15) is 5.82 Å². The van der Waals surface area contributed by atoms with Crippen molar-refractivity contribution in [2.75, 3.05) is 5.32 Å². The van der Waals surface area contributed by atoms with Gasteiger partial charge in [-0.2, -0.15) is 0 Å². The fourth-order valence-corrected chi connectivity index (χ4v) is 3.25. The summed E-state index contributed by atoms with van der Waals surface area (Å²) in [7, 11) is 0. The van der Waals surface area contributed by atoms with Crippen LogP contribution in [0.3, 0.4) is 0 Å². The number of hydrogen-bond donors (Lipinski definition) is 1. The quantitative estimate of drug-likeness (QED) is 0.674. The Morgan fingerprint density at radius 2 is 2.17 bits per heavy atom. The van der Waals surface area contributed by atoms with Crippen LogP contribution in [0.25, 0.3) is 16.3 Å². The Hall–Kier alpha value is -2.24. The molecule has 0 aliphatic rings. The third-order valence-corrected chi connectivity index (χ3v) is 4.44. The van der Waals surface area contributed by atoms with Gasteiger partial charge in [-0.1, -0.05) is 35.1 Å². The molecule has 2 aromatic carbocycles. The summed E-state index contributed by atoms with van der Waals surface area (Å²) in [5, 5.41) is 3.43. The zero-order valence-corrected chi connectivity index (χ0v) is 13.7. The number of benzene rings is 2. The molecule has 1 amide bonds. The van der Waals surface area contributed by atoms with Gasteiger partial charge in [-0.3, -0.25) is 10.1 Å². The highest BCUT2D eigenvalue weighted by Crippen LogP contribution is 2.26. The van der Waals surface area contributed by atoms with Gasteiger partial charge in [-0.15, -0.1) is 0 Å². The molecule has 0 saturated heterocycles. The van der Waals surface area contributed by atoms with Crippen LogP contribution in [0.5, 0.6) is 0 Å². The van der Waals surface area contributed by atoms with Gasteiger partial charge in [0.2, 0.25) is 5.91 Å². The molecule has 0 spiro atoms. The summed E-state index contributed by atoms with van der Waals surface area (Å²) in [6.07, 6.45) is 2.59. The maximum atomic E-state index is 13.6. The highest BCUT2D eigenvalue weighted by molar-refractivity contribution is 7.22. The molecule has 3 nitrogen and oxygen atoms in total. The Bertz CT molecular complexity index is 900. The zero-order chi connectivity index (χ0) is 16.4. The molecule has 0 fully saturated rings. The Morgan fingerprint density at radius 1 is 1.35 bits per heavy atom. The van der Waals surface area contributed by atoms with E-state index < -0.39 is 5.82 Å². The number of hydrogen-bond acceptors (Lipinski definition) is 3. The van der Waals surface area contributed by atoms with Crippen LogP contribution in [0.2, 0.25) is 5.02 Å². The number of thiazole rings is 1. The lowest BCUT2D eigenvalue weighted by Gasteiger charge is -1.99. The van der Waals surface area contributed by atoms with Crippen molar-refractivity contribution in [3.8, 4) is 0 Å². The number of rotatable bonds is 3. The lowest BCUT2D eigenvalue weighted by molar-refractivity contribution is -0.111. The Morgan fingerprint density at radius 3 is 2.96 bits per heavy atom. The third kappa shape index (κ3) is 3.57. The van der Waals surface area contributed by atoms with E-state index in [1.54, 1.807) is 6.07 Å². The second kappa shape index (κ2) is 6.48. The fraction of sp³-hybridized carbons (Fsp3) is 0.0588. The van der Waals surface area contributed by atoms with Gasteiger partial charge in [0.15, 0.2) is 5.13 Å². The summed E-state index contributed by atoms with van der Waals surface area (Å²) in [5.41, 5.74) is 2.15. The van der Waals surface area contributed by atoms with E-state index in [2.05, 4.69) is 10.3 Å². The number of nitrogens with zero attached hydrogens (tertiary/aromatic N) is 1. The van der Waals surface area contributed by atoms with Crippen molar-refractivity contribution in [1.82, 2.24) is 4.98 Å². The molecule has 1 N–H and O–H groups in total. The van der Waals surface area contributed by atoms with E-state index in [1.165, 1.54) is 35.6 Å². The van der Waals surface area contributed by atoms with Crippen molar-refractivity contribution >= 4 is 50.3 Å². The predicted octanol–water partition coefficient (Wildman–Crippen LogP) is 5.05. The molecule has 0 bridgehead atoms. The second-order valence-corrected chi connectivity index (χ2v) is 6.39. The number of aromatic nitrogens is 1. The van der Waals surface area contributed by atoms with Crippen LogP contribution >= 0.6 is 22.9 Å². The van der Waals surface area contributed by atoms with Crippen LogP contribution in [-0.4, -0.2) is 10.9 Å². The van der Waals surface area contributed by atoms with E-state index >= 15 is 0 Å². The molecule has 0 aliphatic heterocycles. The Kier molecular flexibility index (Phi) is 4.41. The van der Waals surface area contributed by atoms with Crippen LogP contribution in [0, 0.1) is 12.7 Å². The smallest absolute Gasteiger partial charge is 0.250 e. The Labute approximate surface area is 141 Å². The first-order chi connectivity index (χ1) is 11.0. The van der Waals surface area contributed by atoms with Gasteiger partial charge < -0.3 is 0 Å². The van der Waals surface area contributed by atoms with E-state index in [-0.39, 0.29) is 16.5 Å². The maximum absolute atomic E-state index is 13.6. The summed E-state index contributed by atoms with van der Waals surface area (Å²) in [6.45, 7) is 2.00. The van der Waals surface area contributed by atoms with E-state index in [4.69, 9.17) is 11.6 Å². The molecule has 3 rings (SSSR count). The molecule has 6 heteroatoms. The molecule has 1 aromatic heterocycles. The van der Waals surface area contributed by atoms with Gasteiger partial charge in [-0.05, 0) is 42.8 Å². The second-order valence-electron chi connectivity index (χ2n) is 4.95. The molecular formula is C17H12ClFN2OS. The minimum absolute atomic E-state index is 0.184. The number of anilines is 1. The van der Waals surface area contributed by atoms with Crippen molar-refractivity contribution in [3.63, 3.8) is 0 Å². The molecule has 0 atom stereocenters. The molecule has 116 valence electrons. The molecular weight excluding hydrogens is 335 g/mol. The molecule has 0 radical (unpaired) electrons. The number of amides is 1. The van der Waals surface area contributed by atoms with E-state index in [0.717, 1.165) is 15.8 Å². The molecule has 0 saturated carbocycles. The average Bonchev–Trinajstić information content (AvgIpc) is 2.88. The highest BCUT2D eigenvalue weighted by Gasteiger charge is 2.07. The van der Waals surface area contributed by atoms with Crippen LogP contribution in [0.15, 0.2) is 42.5 Å². The van der Waals surface area contributed by atoms with Gasteiger partial charge in [0.05, 0.1) is 15.2 Å². The van der Waals surface area contributed by atoms with Crippen molar-refractivity contribution < 1.29 is 9.18 Å². The van der Waals surface area contributed by atoms with Crippen LogP contribution < -0.4 is 5.32 Å². The SMILES string of the molecule is Cc1ccc2nc(NC(=O)C=Cc3c(F)cccc3Cl)sc2c1. The first-order valence-corrected chi connectivity index (χ1v) is 8.02. The average molecular weight is 347 g/mol. The molecule has 1 heterocycles. The first kappa shape index (κ1) is 15.6. The van der Waals surface area contributed by atoms with E-state index in [1.807, 2.05) is 25.1 Å². The highest BCUT2D eigenvalue weighted by atomic mass is 35.5. The third-order valence-electron chi connectivity index (χ3n) is 3.18.